The van der Waals surface area contributed by atoms with E-state index in [-0.39, 0.29) is 6.61 Å². The summed E-state index contributed by atoms with van der Waals surface area (Å²) in [6.07, 6.45) is 4.22. The maximum absolute atomic E-state index is 12.3. The molecule has 6 heteroatoms. The van der Waals surface area contributed by atoms with Gasteiger partial charge >= 0.3 is 0 Å². The fourth-order valence-electron chi connectivity index (χ4n) is 1.62. The van der Waals surface area contributed by atoms with Gasteiger partial charge < -0.3 is 5.11 Å². The van der Waals surface area contributed by atoms with Crippen molar-refractivity contribution in [3.8, 4) is 0 Å². The van der Waals surface area contributed by atoms with Crippen molar-refractivity contribution >= 4 is 10.2 Å². The standard InChI is InChI=1S/C12H28N2O3S/c1-4-6-10-14(11-7-5-2)18(16,17)13(3)9-8-12-15/h15H,4-12H2,1-3H3. The first-order chi connectivity index (χ1) is 8.50. The van der Waals surface area contributed by atoms with E-state index in [9.17, 15) is 8.42 Å². The van der Waals surface area contributed by atoms with Gasteiger partial charge in [0.25, 0.3) is 10.2 Å². The molecule has 0 fully saturated rings. The second-order valence-corrected chi connectivity index (χ2v) is 6.55. The van der Waals surface area contributed by atoms with Gasteiger partial charge in [-0.2, -0.15) is 17.0 Å². The summed E-state index contributed by atoms with van der Waals surface area (Å²) in [5, 5.41) is 8.77. The highest BCUT2D eigenvalue weighted by Crippen LogP contribution is 2.10. The zero-order valence-corrected chi connectivity index (χ0v) is 12.7. The van der Waals surface area contributed by atoms with Gasteiger partial charge in [0.1, 0.15) is 0 Å². The molecule has 0 aromatic rings. The minimum absolute atomic E-state index is 0.0176. The highest BCUT2D eigenvalue weighted by Gasteiger charge is 2.25. The lowest BCUT2D eigenvalue weighted by molar-refractivity contribution is 0.270. The maximum Gasteiger partial charge on any atom is 0.281 e. The Morgan fingerprint density at radius 3 is 1.83 bits per heavy atom. The Morgan fingerprint density at radius 1 is 0.944 bits per heavy atom. The van der Waals surface area contributed by atoms with E-state index in [0.29, 0.717) is 26.1 Å². The highest BCUT2D eigenvalue weighted by atomic mass is 32.2. The van der Waals surface area contributed by atoms with Crippen molar-refractivity contribution in [1.29, 1.82) is 0 Å². The number of hydrogen-bond acceptors (Lipinski definition) is 3. The van der Waals surface area contributed by atoms with Crippen LogP contribution >= 0.6 is 0 Å². The third-order valence-corrected chi connectivity index (χ3v) is 4.86. The minimum atomic E-state index is -3.36. The Morgan fingerprint density at radius 2 is 1.44 bits per heavy atom. The van der Waals surface area contributed by atoms with Gasteiger partial charge in [-0.25, -0.2) is 0 Å². The first-order valence-electron chi connectivity index (χ1n) is 6.82. The van der Waals surface area contributed by atoms with Crippen LogP contribution in [0, 0.1) is 0 Å². The predicted octanol–water partition coefficient (Wildman–Crippen LogP) is 1.45. The number of unbranched alkanes of at least 4 members (excludes halogenated alkanes) is 2. The van der Waals surface area contributed by atoms with E-state index in [2.05, 4.69) is 13.8 Å². The summed E-state index contributed by atoms with van der Waals surface area (Å²) in [5.41, 5.74) is 0. The third kappa shape index (κ3) is 6.13. The fraction of sp³-hybridized carbons (Fsp3) is 1.00. The summed E-state index contributed by atoms with van der Waals surface area (Å²) in [7, 11) is -1.78. The lowest BCUT2D eigenvalue weighted by Crippen LogP contribution is -2.43. The van der Waals surface area contributed by atoms with Gasteiger partial charge in [-0.15, -0.1) is 0 Å². The van der Waals surface area contributed by atoms with Gasteiger partial charge in [0.15, 0.2) is 0 Å². The van der Waals surface area contributed by atoms with Crippen molar-refractivity contribution in [2.24, 2.45) is 0 Å². The molecule has 18 heavy (non-hydrogen) atoms. The monoisotopic (exact) mass is 280 g/mol. The molecule has 0 aromatic carbocycles. The van der Waals surface area contributed by atoms with Crippen molar-refractivity contribution in [3.05, 3.63) is 0 Å². The SMILES string of the molecule is CCCCN(CCCC)S(=O)(=O)N(C)CCCO. The molecule has 0 spiro atoms. The number of rotatable bonds is 11. The molecule has 0 rings (SSSR count). The Labute approximate surface area is 112 Å². The molecule has 0 aromatic heterocycles. The average molecular weight is 280 g/mol. The van der Waals surface area contributed by atoms with E-state index in [1.165, 1.54) is 4.31 Å². The predicted molar refractivity (Wildman–Crippen MR) is 74.6 cm³/mol. The maximum atomic E-state index is 12.3. The quantitative estimate of drug-likeness (QED) is 0.623. The molecule has 0 atom stereocenters. The molecule has 0 aliphatic rings. The van der Waals surface area contributed by atoms with Crippen LogP contribution < -0.4 is 0 Å². The van der Waals surface area contributed by atoms with Gasteiger partial charge in [-0.1, -0.05) is 26.7 Å². The number of hydrogen-bond donors (Lipinski definition) is 1. The van der Waals surface area contributed by atoms with Gasteiger partial charge in [-0.05, 0) is 19.3 Å². The molecule has 5 nitrogen and oxygen atoms in total. The second kappa shape index (κ2) is 9.72. The summed E-state index contributed by atoms with van der Waals surface area (Å²) < 4.78 is 27.5. The molecule has 0 bridgehead atoms. The topological polar surface area (TPSA) is 60.9 Å². The highest BCUT2D eigenvalue weighted by molar-refractivity contribution is 7.86. The molecule has 0 aliphatic carbocycles. The molecular formula is C12H28N2O3S. The van der Waals surface area contributed by atoms with Crippen molar-refractivity contribution in [2.45, 2.75) is 46.0 Å². The van der Waals surface area contributed by atoms with Crippen molar-refractivity contribution in [3.63, 3.8) is 0 Å². The van der Waals surface area contributed by atoms with E-state index in [0.717, 1.165) is 25.7 Å². The van der Waals surface area contributed by atoms with Crippen LogP contribution in [0.3, 0.4) is 0 Å². The molecular weight excluding hydrogens is 252 g/mol. The second-order valence-electron chi connectivity index (χ2n) is 4.51. The summed E-state index contributed by atoms with van der Waals surface area (Å²) in [6.45, 7) is 5.67. The zero-order chi connectivity index (χ0) is 14.0. The van der Waals surface area contributed by atoms with Gasteiger partial charge in [0.05, 0.1) is 0 Å². The van der Waals surface area contributed by atoms with Gasteiger partial charge in [0.2, 0.25) is 0 Å². The fourth-order valence-corrected chi connectivity index (χ4v) is 3.09. The Bertz CT molecular complexity index is 286. The summed E-state index contributed by atoms with van der Waals surface area (Å²) >= 11 is 0. The van der Waals surface area contributed by atoms with Crippen LogP contribution in [0.2, 0.25) is 0 Å². The summed E-state index contributed by atoms with van der Waals surface area (Å²) in [6, 6.07) is 0. The molecule has 0 heterocycles. The summed E-state index contributed by atoms with van der Waals surface area (Å²) in [5.74, 6) is 0. The van der Waals surface area contributed by atoms with Crippen molar-refractivity contribution in [1.82, 2.24) is 8.61 Å². The molecule has 0 amide bonds. The minimum Gasteiger partial charge on any atom is -0.396 e. The first-order valence-corrected chi connectivity index (χ1v) is 8.22. The van der Waals surface area contributed by atoms with Crippen LogP contribution in [0.25, 0.3) is 0 Å². The van der Waals surface area contributed by atoms with E-state index in [1.54, 1.807) is 11.4 Å². The number of aliphatic hydroxyl groups is 1. The van der Waals surface area contributed by atoms with Gasteiger partial charge in [-0.3, -0.25) is 0 Å². The van der Waals surface area contributed by atoms with Gasteiger partial charge in [0, 0.05) is 33.3 Å². The zero-order valence-electron chi connectivity index (χ0n) is 11.9. The molecule has 0 aliphatic heterocycles. The molecule has 0 saturated heterocycles. The average Bonchev–Trinajstić information content (AvgIpc) is 2.35. The normalized spacial score (nSPS) is 12.6. The van der Waals surface area contributed by atoms with E-state index >= 15 is 0 Å². The van der Waals surface area contributed by atoms with E-state index < -0.39 is 10.2 Å². The van der Waals surface area contributed by atoms with Crippen molar-refractivity contribution < 1.29 is 13.5 Å². The molecule has 0 unspecified atom stereocenters. The van der Waals surface area contributed by atoms with Crippen LogP contribution in [-0.4, -0.2) is 55.4 Å². The van der Waals surface area contributed by atoms with Crippen LogP contribution in [0.15, 0.2) is 0 Å². The molecule has 0 saturated carbocycles. The van der Waals surface area contributed by atoms with Crippen LogP contribution in [0.5, 0.6) is 0 Å². The number of aliphatic hydroxyl groups excluding tert-OH is 1. The Kier molecular flexibility index (Phi) is 9.63. The third-order valence-electron chi connectivity index (χ3n) is 2.87. The first kappa shape index (κ1) is 17.8. The van der Waals surface area contributed by atoms with E-state index in [1.807, 2.05) is 0 Å². The lowest BCUT2D eigenvalue weighted by Gasteiger charge is -2.27. The van der Waals surface area contributed by atoms with Crippen LogP contribution in [0.1, 0.15) is 46.0 Å². The Hall–Kier alpha value is -0.170. The van der Waals surface area contributed by atoms with Crippen LogP contribution in [-0.2, 0) is 10.2 Å². The molecule has 110 valence electrons. The Balaban J connectivity index is 4.60. The summed E-state index contributed by atoms with van der Waals surface area (Å²) in [4.78, 5) is 0. The number of nitrogens with zero attached hydrogens (tertiary/aromatic N) is 2. The largest absolute Gasteiger partial charge is 0.396 e. The molecule has 1 N–H and O–H groups in total. The lowest BCUT2D eigenvalue weighted by atomic mass is 10.3. The van der Waals surface area contributed by atoms with Crippen LogP contribution in [0.4, 0.5) is 0 Å². The molecule has 0 radical (unpaired) electrons. The van der Waals surface area contributed by atoms with Crippen molar-refractivity contribution in [2.75, 3.05) is 33.3 Å². The smallest absolute Gasteiger partial charge is 0.281 e. The van der Waals surface area contributed by atoms with E-state index in [4.69, 9.17) is 5.11 Å².